The van der Waals surface area contributed by atoms with E-state index in [4.69, 9.17) is 22.1 Å². The second kappa shape index (κ2) is 13.9. The number of halogens is 3. The summed E-state index contributed by atoms with van der Waals surface area (Å²) in [5.74, 6) is -3.98. The molecule has 11 heteroatoms. The first kappa shape index (κ1) is 33.3. The van der Waals surface area contributed by atoms with Crippen LogP contribution < -0.4 is 15.2 Å². The molecule has 2 aliphatic rings. The van der Waals surface area contributed by atoms with Gasteiger partial charge in [0.05, 0.1) is 11.0 Å². The van der Waals surface area contributed by atoms with E-state index in [1.807, 2.05) is 6.07 Å². The Morgan fingerprint density at radius 2 is 1.49 bits per heavy atom. The maximum Gasteiger partial charge on any atom is 0.298 e. The van der Waals surface area contributed by atoms with Crippen LogP contribution in [-0.2, 0) is 20.7 Å². The SMILES string of the molecule is NCC1CCN(C(=O)C(NS(=O)(=O)c2ccc3cc(OC4CCCC4)ccc3c2)C(F)(F)c2ccc(-c3ccc(Cl)cc3)cc2)CC1. The molecule has 1 saturated carbocycles. The van der Waals surface area contributed by atoms with Crippen molar-refractivity contribution in [2.24, 2.45) is 11.7 Å². The van der Waals surface area contributed by atoms with Crippen LogP contribution in [0.5, 0.6) is 5.75 Å². The Labute approximate surface area is 279 Å². The lowest BCUT2D eigenvalue weighted by atomic mass is 9.94. The van der Waals surface area contributed by atoms with Crippen LogP contribution in [0.15, 0.2) is 89.8 Å². The Hall–Kier alpha value is -3.57. The minimum Gasteiger partial charge on any atom is -0.490 e. The van der Waals surface area contributed by atoms with Crippen LogP contribution in [0.1, 0.15) is 44.1 Å². The van der Waals surface area contributed by atoms with Crippen molar-refractivity contribution in [1.82, 2.24) is 9.62 Å². The number of alkyl halides is 2. The van der Waals surface area contributed by atoms with Gasteiger partial charge in [-0.3, -0.25) is 4.79 Å². The second-order valence-electron chi connectivity index (χ2n) is 12.5. The van der Waals surface area contributed by atoms with E-state index >= 15 is 8.78 Å². The smallest absolute Gasteiger partial charge is 0.298 e. The number of rotatable bonds is 10. The highest BCUT2D eigenvalue weighted by Crippen LogP contribution is 2.36. The summed E-state index contributed by atoms with van der Waals surface area (Å²) < 4.78 is 68.6. The Balaban J connectivity index is 1.29. The number of piperidine rings is 1. The van der Waals surface area contributed by atoms with Gasteiger partial charge in [0.1, 0.15) is 5.75 Å². The van der Waals surface area contributed by atoms with Gasteiger partial charge in [0.15, 0.2) is 6.04 Å². The Morgan fingerprint density at radius 1 is 0.894 bits per heavy atom. The van der Waals surface area contributed by atoms with E-state index in [1.54, 1.807) is 42.5 Å². The molecule has 1 aliphatic heterocycles. The summed E-state index contributed by atoms with van der Waals surface area (Å²) in [7, 11) is -4.57. The van der Waals surface area contributed by atoms with Crippen molar-refractivity contribution < 1.29 is 26.7 Å². The number of nitrogens with one attached hydrogen (secondary N) is 1. The third-order valence-corrected chi connectivity index (χ3v) is 11.0. The van der Waals surface area contributed by atoms with Gasteiger partial charge in [-0.05, 0) is 109 Å². The molecule has 3 N–H and O–H groups in total. The summed E-state index contributed by atoms with van der Waals surface area (Å²) in [6, 6.07) is 19.8. The Bertz CT molecular complexity index is 1820. The molecule has 0 bridgehead atoms. The lowest BCUT2D eigenvalue weighted by Gasteiger charge is -2.36. The van der Waals surface area contributed by atoms with Crippen molar-refractivity contribution >= 4 is 38.3 Å². The van der Waals surface area contributed by atoms with Gasteiger partial charge in [-0.15, -0.1) is 0 Å². The molecule has 6 rings (SSSR count). The zero-order valence-electron chi connectivity index (χ0n) is 25.9. The molecule has 1 saturated heterocycles. The van der Waals surface area contributed by atoms with E-state index in [0.29, 0.717) is 41.1 Å². The molecule has 1 atom stereocenters. The first-order valence-electron chi connectivity index (χ1n) is 16.0. The van der Waals surface area contributed by atoms with Crippen molar-refractivity contribution in [3.8, 4) is 16.9 Å². The van der Waals surface area contributed by atoms with Gasteiger partial charge in [0.25, 0.3) is 5.92 Å². The molecular weight excluding hydrogens is 644 g/mol. The van der Waals surface area contributed by atoms with Gasteiger partial charge in [0, 0.05) is 23.7 Å². The predicted octanol–water partition coefficient (Wildman–Crippen LogP) is 7.12. The molecule has 4 aromatic carbocycles. The van der Waals surface area contributed by atoms with E-state index in [-0.39, 0.29) is 30.0 Å². The molecular formula is C36H38ClF2N3O4S. The number of hydrogen-bond donors (Lipinski definition) is 2. The summed E-state index contributed by atoms with van der Waals surface area (Å²) >= 11 is 5.99. The van der Waals surface area contributed by atoms with Gasteiger partial charge in [-0.2, -0.15) is 13.5 Å². The lowest BCUT2D eigenvalue weighted by Crippen LogP contribution is -2.57. The molecule has 0 aromatic heterocycles. The fourth-order valence-electron chi connectivity index (χ4n) is 6.41. The van der Waals surface area contributed by atoms with Gasteiger partial charge in [-0.25, -0.2) is 8.42 Å². The average molecular weight is 682 g/mol. The quantitative estimate of drug-likeness (QED) is 0.186. The second-order valence-corrected chi connectivity index (χ2v) is 14.6. The number of nitrogens with zero attached hydrogens (tertiary/aromatic N) is 1. The Kier molecular flexibility index (Phi) is 9.85. The number of nitrogens with two attached hydrogens (primary N) is 1. The van der Waals surface area contributed by atoms with Crippen LogP contribution in [0, 0.1) is 5.92 Å². The third kappa shape index (κ3) is 7.46. The predicted molar refractivity (Wildman–Crippen MR) is 180 cm³/mol. The number of carbonyl (C=O) groups is 1. The number of carbonyl (C=O) groups excluding carboxylic acids is 1. The molecule has 2 fully saturated rings. The third-order valence-electron chi connectivity index (χ3n) is 9.29. The Morgan fingerprint density at radius 3 is 2.13 bits per heavy atom. The van der Waals surface area contributed by atoms with Crippen molar-refractivity contribution in [3.63, 3.8) is 0 Å². The number of likely N-dealkylation sites (tertiary alicyclic amines) is 1. The summed E-state index contributed by atoms with van der Waals surface area (Å²) in [6.07, 6.45) is 5.56. The number of amides is 1. The summed E-state index contributed by atoms with van der Waals surface area (Å²) in [4.78, 5) is 14.9. The van der Waals surface area contributed by atoms with Gasteiger partial charge >= 0.3 is 0 Å². The fourth-order valence-corrected chi connectivity index (χ4v) is 7.76. The molecule has 4 aromatic rings. The highest BCUT2D eigenvalue weighted by molar-refractivity contribution is 7.89. The van der Waals surface area contributed by atoms with Gasteiger partial charge in [-0.1, -0.05) is 60.1 Å². The van der Waals surface area contributed by atoms with Crippen LogP contribution in [0.25, 0.3) is 21.9 Å². The van der Waals surface area contributed by atoms with E-state index in [2.05, 4.69) is 4.72 Å². The fraction of sp³-hybridized carbons (Fsp3) is 0.361. The topological polar surface area (TPSA) is 102 Å². The molecule has 1 unspecified atom stereocenters. The highest BCUT2D eigenvalue weighted by Gasteiger charge is 2.50. The van der Waals surface area contributed by atoms with E-state index in [1.165, 1.54) is 41.3 Å². The maximum absolute atomic E-state index is 16.4. The first-order chi connectivity index (χ1) is 22.5. The summed E-state index contributed by atoms with van der Waals surface area (Å²) in [5.41, 5.74) is 6.75. The minimum absolute atomic E-state index is 0.169. The zero-order valence-corrected chi connectivity index (χ0v) is 27.5. The van der Waals surface area contributed by atoms with Crippen LogP contribution in [0.3, 0.4) is 0 Å². The number of fused-ring (bicyclic) bond motifs is 1. The van der Waals surface area contributed by atoms with Crippen LogP contribution in [-0.4, -0.2) is 51.0 Å². The molecule has 7 nitrogen and oxygen atoms in total. The zero-order chi connectivity index (χ0) is 33.2. The van der Waals surface area contributed by atoms with Crippen molar-refractivity contribution in [2.45, 2.75) is 61.5 Å². The van der Waals surface area contributed by atoms with Crippen LogP contribution in [0.2, 0.25) is 5.02 Å². The molecule has 248 valence electrons. The maximum atomic E-state index is 16.4. The number of ether oxygens (including phenoxy) is 1. The minimum atomic E-state index is -4.57. The van der Waals surface area contributed by atoms with Crippen LogP contribution >= 0.6 is 11.6 Å². The molecule has 0 spiro atoms. The van der Waals surface area contributed by atoms with E-state index < -0.39 is 33.5 Å². The van der Waals surface area contributed by atoms with Crippen molar-refractivity contribution in [2.75, 3.05) is 19.6 Å². The van der Waals surface area contributed by atoms with Gasteiger partial charge < -0.3 is 15.4 Å². The van der Waals surface area contributed by atoms with Gasteiger partial charge in [0.2, 0.25) is 15.9 Å². The standard InChI is InChI=1S/C36H38ClF2N3O4S/c37-30-13-7-26(8-14-30)25-5-11-29(12-6-25)36(38,39)34(35(43)42-19-17-24(23-40)18-20-42)41-47(44,45)33-16-10-27-21-32(15-9-28(27)22-33)46-31-3-1-2-4-31/h5-16,21-22,24,31,34,41H,1-4,17-20,23,40H2. The van der Waals surface area contributed by atoms with Crippen molar-refractivity contribution in [3.05, 3.63) is 95.5 Å². The highest BCUT2D eigenvalue weighted by atomic mass is 35.5. The molecule has 1 heterocycles. The van der Waals surface area contributed by atoms with E-state index in [9.17, 15) is 13.2 Å². The average Bonchev–Trinajstić information content (AvgIpc) is 3.60. The molecule has 0 radical (unpaired) electrons. The molecule has 1 amide bonds. The molecule has 1 aliphatic carbocycles. The van der Waals surface area contributed by atoms with E-state index in [0.717, 1.165) is 36.6 Å². The largest absolute Gasteiger partial charge is 0.490 e. The molecule has 47 heavy (non-hydrogen) atoms. The van der Waals surface area contributed by atoms with Crippen LogP contribution in [0.4, 0.5) is 8.78 Å². The van der Waals surface area contributed by atoms with Crippen molar-refractivity contribution in [1.29, 1.82) is 0 Å². The number of sulfonamides is 1. The monoisotopic (exact) mass is 681 g/mol. The summed E-state index contributed by atoms with van der Waals surface area (Å²) in [5, 5.41) is 1.90. The normalized spacial score (nSPS) is 17.2. The number of hydrogen-bond acceptors (Lipinski definition) is 5. The summed E-state index contributed by atoms with van der Waals surface area (Å²) in [6.45, 7) is 0.863. The lowest BCUT2D eigenvalue weighted by molar-refractivity contribution is -0.145. The first-order valence-corrected chi connectivity index (χ1v) is 17.9. The number of benzene rings is 4.